The largest absolute Gasteiger partial charge is 0.517 e. The second kappa shape index (κ2) is 8.22. The van der Waals surface area contributed by atoms with Crippen LogP contribution >= 0.6 is 0 Å². The minimum absolute atomic E-state index is 0.167. The van der Waals surface area contributed by atoms with Gasteiger partial charge in [-0.25, -0.2) is 0 Å². The lowest BCUT2D eigenvalue weighted by Gasteiger charge is -2.23. The molecule has 0 bridgehead atoms. The summed E-state index contributed by atoms with van der Waals surface area (Å²) < 4.78 is 0. The van der Waals surface area contributed by atoms with Gasteiger partial charge in [0, 0.05) is 11.3 Å². The Kier molecular flexibility index (Phi) is 5.56. The molecule has 0 atom stereocenters. The molecule has 5 nitrogen and oxygen atoms in total. The van der Waals surface area contributed by atoms with Crippen LogP contribution in [0.15, 0.2) is 90.0 Å². The van der Waals surface area contributed by atoms with Crippen molar-refractivity contribution in [3.05, 3.63) is 101 Å². The van der Waals surface area contributed by atoms with E-state index < -0.39 is 7.05 Å². The average molecular weight is 344 g/mol. The molecule has 128 valence electrons. The third-order valence-electron chi connectivity index (χ3n) is 4.05. The van der Waals surface area contributed by atoms with E-state index in [1.807, 2.05) is 60.7 Å². The van der Waals surface area contributed by atoms with Crippen LogP contribution in [0.5, 0.6) is 0 Å². The molecule has 0 unspecified atom stereocenters. The molecule has 3 aromatic carbocycles. The highest BCUT2D eigenvalue weighted by Crippen LogP contribution is 2.20. The van der Waals surface area contributed by atoms with Crippen LogP contribution in [0.25, 0.3) is 0 Å². The number of nitroso groups, excluding NO2 is 1. The number of hydrogen-bond donors (Lipinski definition) is 1. The van der Waals surface area contributed by atoms with Crippen LogP contribution in [0.4, 0.5) is 5.69 Å². The topological polar surface area (TPSA) is 70.0 Å². The highest BCUT2D eigenvalue weighted by molar-refractivity contribution is 6.64. The van der Waals surface area contributed by atoms with E-state index in [0.29, 0.717) is 17.6 Å². The van der Waals surface area contributed by atoms with Gasteiger partial charge in [-0.05, 0) is 35.3 Å². The van der Waals surface area contributed by atoms with Gasteiger partial charge in [-0.15, -0.1) is 0 Å². The van der Waals surface area contributed by atoms with Crippen LogP contribution < -0.4 is 10.4 Å². The molecule has 26 heavy (non-hydrogen) atoms. The summed E-state index contributed by atoms with van der Waals surface area (Å²) in [5.74, 6) is -0.167. The van der Waals surface area contributed by atoms with Crippen molar-refractivity contribution in [1.29, 1.82) is 0 Å². The molecular formula is C20H17BN2O3. The van der Waals surface area contributed by atoms with Crippen LogP contribution in [-0.4, -0.2) is 18.0 Å². The maximum Gasteiger partial charge on any atom is 0.517 e. The van der Waals surface area contributed by atoms with Crippen molar-refractivity contribution in [1.82, 2.24) is 0 Å². The lowest BCUT2D eigenvalue weighted by molar-refractivity contribution is 0.0985. The molecule has 0 heterocycles. The van der Waals surface area contributed by atoms with E-state index in [9.17, 15) is 14.7 Å². The fourth-order valence-electron chi connectivity index (χ4n) is 2.67. The number of para-hydroxylation sites is 1. The maximum absolute atomic E-state index is 13.1. The summed E-state index contributed by atoms with van der Waals surface area (Å²) in [6, 6.07) is 25.4. The fraction of sp³-hybridized carbons (Fsp3) is 0.0500. The van der Waals surface area contributed by atoms with Crippen molar-refractivity contribution in [3.63, 3.8) is 0 Å². The number of rotatable bonds is 6. The number of anilines is 1. The first-order valence-electron chi connectivity index (χ1n) is 8.20. The number of nitrogens with zero attached hydrogens (tertiary/aromatic N) is 2. The molecule has 0 aliphatic rings. The first-order valence-corrected chi connectivity index (χ1v) is 8.20. The summed E-state index contributed by atoms with van der Waals surface area (Å²) in [7, 11) is -1.42. The minimum Gasteiger partial charge on any atom is -0.425 e. The zero-order chi connectivity index (χ0) is 18.4. The molecule has 0 saturated carbocycles. The van der Waals surface area contributed by atoms with Crippen LogP contribution in [0, 0.1) is 4.91 Å². The van der Waals surface area contributed by atoms with Gasteiger partial charge < -0.3 is 9.92 Å². The van der Waals surface area contributed by atoms with Crippen LogP contribution in [0.1, 0.15) is 15.9 Å². The number of hydrogen-bond acceptors (Lipinski definition) is 4. The lowest BCUT2D eigenvalue weighted by Crippen LogP contribution is -2.32. The van der Waals surface area contributed by atoms with E-state index in [1.165, 1.54) is 12.1 Å². The van der Waals surface area contributed by atoms with E-state index in [0.717, 1.165) is 11.3 Å². The molecule has 0 fully saturated rings. The molecule has 0 aliphatic heterocycles. The Labute approximate surface area is 152 Å². The average Bonchev–Trinajstić information content (AvgIpc) is 2.72. The number of carbonyl (C=O) groups is 1. The SMILES string of the molecule is O=NB(O)c1ccc(C(=O)N(Cc2ccccc2)c2ccccc2)cc1. The van der Waals surface area contributed by atoms with E-state index in [4.69, 9.17) is 0 Å². The number of carbonyl (C=O) groups excluding carboxylic acids is 1. The van der Waals surface area contributed by atoms with Gasteiger partial charge >= 0.3 is 7.05 Å². The zero-order valence-electron chi connectivity index (χ0n) is 14.0. The molecule has 0 aliphatic carbocycles. The smallest absolute Gasteiger partial charge is 0.425 e. The summed E-state index contributed by atoms with van der Waals surface area (Å²) in [6.45, 7) is 0.434. The Morgan fingerprint density at radius 1 is 0.885 bits per heavy atom. The Balaban J connectivity index is 1.91. The zero-order valence-corrected chi connectivity index (χ0v) is 14.0. The standard InChI is InChI=1S/C20H17BN2O3/c24-20(17-11-13-18(14-12-17)21(25)22-26)23(19-9-5-2-6-10-19)15-16-7-3-1-4-8-16/h1-14,25H,15H2. The van der Waals surface area contributed by atoms with Gasteiger partial charge in [-0.3, -0.25) is 4.79 Å². The minimum atomic E-state index is -1.42. The van der Waals surface area contributed by atoms with Gasteiger partial charge in [0.1, 0.15) is 0 Å². The van der Waals surface area contributed by atoms with Crippen molar-refractivity contribution < 1.29 is 9.82 Å². The van der Waals surface area contributed by atoms with Crippen molar-refractivity contribution in [3.8, 4) is 0 Å². The second-order valence-electron chi connectivity index (χ2n) is 5.81. The monoisotopic (exact) mass is 344 g/mol. The van der Waals surface area contributed by atoms with Gasteiger partial charge in [0.2, 0.25) is 0 Å². The highest BCUT2D eigenvalue weighted by atomic mass is 16.3. The molecule has 3 aromatic rings. The first-order chi connectivity index (χ1) is 12.7. The number of benzene rings is 3. The van der Waals surface area contributed by atoms with Crippen molar-refractivity contribution in [2.45, 2.75) is 6.54 Å². The maximum atomic E-state index is 13.1. The summed E-state index contributed by atoms with van der Waals surface area (Å²) in [5, 5.41) is 12.0. The molecule has 1 N–H and O–H groups in total. The summed E-state index contributed by atoms with van der Waals surface area (Å²) in [4.78, 5) is 25.2. The lowest BCUT2D eigenvalue weighted by atomic mass is 9.75. The molecule has 6 heteroatoms. The van der Waals surface area contributed by atoms with E-state index in [1.54, 1.807) is 17.0 Å². The highest BCUT2D eigenvalue weighted by Gasteiger charge is 2.20. The molecule has 1 amide bonds. The summed E-state index contributed by atoms with van der Waals surface area (Å²) in [5.41, 5.74) is 2.62. The predicted octanol–water partition coefficient (Wildman–Crippen LogP) is 2.99. The van der Waals surface area contributed by atoms with Gasteiger partial charge in [-0.2, -0.15) is 4.91 Å². The second-order valence-corrected chi connectivity index (χ2v) is 5.81. The Hall–Kier alpha value is -3.25. The third-order valence-corrected chi connectivity index (χ3v) is 4.05. The van der Waals surface area contributed by atoms with E-state index in [-0.39, 0.29) is 5.91 Å². The van der Waals surface area contributed by atoms with Crippen molar-refractivity contribution in [2.75, 3.05) is 4.90 Å². The van der Waals surface area contributed by atoms with E-state index in [2.05, 4.69) is 5.09 Å². The molecular weight excluding hydrogens is 327 g/mol. The Morgan fingerprint density at radius 3 is 2.04 bits per heavy atom. The van der Waals surface area contributed by atoms with Crippen LogP contribution in [0.3, 0.4) is 0 Å². The Morgan fingerprint density at radius 2 is 1.46 bits per heavy atom. The summed E-state index contributed by atoms with van der Waals surface area (Å²) >= 11 is 0. The van der Waals surface area contributed by atoms with Crippen LogP contribution in [-0.2, 0) is 6.54 Å². The molecule has 0 aromatic heterocycles. The summed E-state index contributed by atoms with van der Waals surface area (Å²) in [6.07, 6.45) is 0. The van der Waals surface area contributed by atoms with Crippen LogP contribution in [0.2, 0.25) is 0 Å². The van der Waals surface area contributed by atoms with E-state index >= 15 is 0 Å². The molecule has 0 radical (unpaired) electrons. The van der Waals surface area contributed by atoms with Crippen molar-refractivity contribution in [2.24, 2.45) is 5.09 Å². The first kappa shape index (κ1) is 17.6. The fourth-order valence-corrected chi connectivity index (χ4v) is 2.67. The quantitative estimate of drug-likeness (QED) is 0.552. The van der Waals surface area contributed by atoms with Gasteiger partial charge in [0.25, 0.3) is 5.91 Å². The predicted molar refractivity (Wildman–Crippen MR) is 103 cm³/mol. The molecule has 0 saturated heterocycles. The molecule has 0 spiro atoms. The third kappa shape index (κ3) is 4.04. The van der Waals surface area contributed by atoms with Gasteiger partial charge in [0.05, 0.1) is 6.54 Å². The Bertz CT molecular complexity index is 871. The van der Waals surface area contributed by atoms with Crippen molar-refractivity contribution >= 4 is 24.1 Å². The van der Waals surface area contributed by atoms with Gasteiger partial charge in [0.15, 0.2) is 0 Å². The normalized spacial score (nSPS) is 10.2. The number of amides is 1. The van der Waals surface area contributed by atoms with Gasteiger partial charge in [-0.1, -0.05) is 65.8 Å². The molecule has 3 rings (SSSR count).